The van der Waals surface area contributed by atoms with Crippen molar-refractivity contribution < 1.29 is 23.5 Å². The summed E-state index contributed by atoms with van der Waals surface area (Å²) in [4.78, 5) is 22.3. The molecule has 2 unspecified atom stereocenters. The quantitative estimate of drug-likeness (QED) is 0.498. The number of hydrogen-bond acceptors (Lipinski definition) is 3. The smallest absolute Gasteiger partial charge is 0.329 e. The molecule has 4 nitrogen and oxygen atoms in total. The van der Waals surface area contributed by atoms with Crippen LogP contribution in [0.4, 0.5) is 8.78 Å². The van der Waals surface area contributed by atoms with Crippen LogP contribution in [0, 0.1) is 17.6 Å². The molecule has 2 rings (SSSR count). The first-order chi connectivity index (χ1) is 9.40. The van der Waals surface area contributed by atoms with Crippen molar-refractivity contribution in [2.75, 3.05) is 0 Å². The van der Waals surface area contributed by atoms with Gasteiger partial charge in [-0.1, -0.05) is 11.6 Å². The molecular formula is C13H10ClF2NO3. The molecule has 1 aromatic rings. The molecule has 0 spiro atoms. The van der Waals surface area contributed by atoms with E-state index in [0.717, 1.165) is 18.2 Å². The molecule has 2 N–H and O–H groups in total. The standard InChI is InChI=1S/C13H10ClF2NO3/c14-8-5-10(16)9(15)3-6(8)13(20)7-4-11(7)17-2-1-12(18)19/h1-3,5,7,11,17H,4H2,(H,18,19). The second-order valence-corrected chi connectivity index (χ2v) is 4.80. The fraction of sp³-hybridized carbons (Fsp3) is 0.231. The van der Waals surface area contributed by atoms with Crippen LogP contribution >= 0.6 is 11.6 Å². The van der Waals surface area contributed by atoms with Crippen LogP contribution in [0.3, 0.4) is 0 Å². The summed E-state index contributed by atoms with van der Waals surface area (Å²) < 4.78 is 26.0. The minimum atomic E-state index is -1.13. The van der Waals surface area contributed by atoms with Gasteiger partial charge in [0.25, 0.3) is 0 Å². The highest BCUT2D eigenvalue weighted by Gasteiger charge is 2.43. The molecule has 1 aromatic carbocycles. The highest BCUT2D eigenvalue weighted by molar-refractivity contribution is 6.34. The molecule has 20 heavy (non-hydrogen) atoms. The fourth-order valence-corrected chi connectivity index (χ4v) is 2.07. The van der Waals surface area contributed by atoms with Crippen molar-refractivity contribution >= 4 is 23.4 Å². The van der Waals surface area contributed by atoms with E-state index in [9.17, 15) is 18.4 Å². The summed E-state index contributed by atoms with van der Waals surface area (Å²) in [6.45, 7) is 0. The number of halogens is 3. The summed E-state index contributed by atoms with van der Waals surface area (Å²) in [7, 11) is 0. The number of hydrogen-bond donors (Lipinski definition) is 2. The van der Waals surface area contributed by atoms with Crippen molar-refractivity contribution in [3.05, 3.63) is 46.6 Å². The van der Waals surface area contributed by atoms with Crippen molar-refractivity contribution in [2.24, 2.45) is 5.92 Å². The Morgan fingerprint density at radius 2 is 2.00 bits per heavy atom. The van der Waals surface area contributed by atoms with Crippen molar-refractivity contribution in [3.8, 4) is 0 Å². The maximum Gasteiger partial charge on any atom is 0.329 e. The Bertz CT molecular complexity index is 604. The van der Waals surface area contributed by atoms with Crippen LogP contribution in [0.5, 0.6) is 0 Å². The molecule has 1 aliphatic rings. The van der Waals surface area contributed by atoms with E-state index < -0.39 is 29.3 Å². The molecule has 0 heterocycles. The number of Topliss-reactive ketones (excluding diaryl/α,β-unsaturated/α-hetero) is 1. The first-order valence-corrected chi connectivity index (χ1v) is 6.12. The van der Waals surface area contributed by atoms with Gasteiger partial charge in [-0.15, -0.1) is 0 Å². The highest BCUT2D eigenvalue weighted by atomic mass is 35.5. The van der Waals surface area contributed by atoms with Gasteiger partial charge in [-0.2, -0.15) is 0 Å². The molecular weight excluding hydrogens is 292 g/mol. The lowest BCUT2D eigenvalue weighted by Gasteiger charge is -2.04. The van der Waals surface area contributed by atoms with Crippen molar-refractivity contribution in [2.45, 2.75) is 12.5 Å². The number of carboxylic acids is 1. The molecule has 106 valence electrons. The maximum atomic E-state index is 13.1. The number of rotatable bonds is 5. The summed E-state index contributed by atoms with van der Waals surface area (Å²) >= 11 is 5.72. The lowest BCUT2D eigenvalue weighted by Crippen LogP contribution is -2.16. The third-order valence-electron chi connectivity index (χ3n) is 2.94. The fourth-order valence-electron chi connectivity index (χ4n) is 1.82. The first kappa shape index (κ1) is 14.5. The maximum absolute atomic E-state index is 13.1. The molecule has 1 aliphatic carbocycles. The Morgan fingerprint density at radius 1 is 1.35 bits per heavy atom. The molecule has 0 amide bonds. The van der Waals surface area contributed by atoms with Crippen LogP contribution in [-0.4, -0.2) is 22.9 Å². The molecule has 2 atom stereocenters. The zero-order chi connectivity index (χ0) is 14.9. The Labute approximate surface area is 118 Å². The average Bonchev–Trinajstić information content (AvgIpc) is 3.12. The van der Waals surface area contributed by atoms with Gasteiger partial charge in [-0.05, 0) is 18.6 Å². The second kappa shape index (κ2) is 5.58. The molecule has 0 saturated heterocycles. The SMILES string of the molecule is O=C(O)C=CNC1CC1C(=O)c1cc(F)c(F)cc1Cl. The molecule has 0 aromatic heterocycles. The van der Waals surface area contributed by atoms with Crippen LogP contribution in [0.1, 0.15) is 16.8 Å². The van der Waals surface area contributed by atoms with Gasteiger partial charge in [0.1, 0.15) is 0 Å². The van der Waals surface area contributed by atoms with Crippen LogP contribution in [0.25, 0.3) is 0 Å². The van der Waals surface area contributed by atoms with Crippen molar-refractivity contribution in [1.82, 2.24) is 5.32 Å². The van der Waals surface area contributed by atoms with E-state index in [1.807, 2.05) is 0 Å². The van der Waals surface area contributed by atoms with Crippen molar-refractivity contribution in [1.29, 1.82) is 0 Å². The van der Waals surface area contributed by atoms with Gasteiger partial charge in [0, 0.05) is 29.8 Å². The second-order valence-electron chi connectivity index (χ2n) is 4.40. The van der Waals surface area contributed by atoms with E-state index in [2.05, 4.69) is 5.32 Å². The lowest BCUT2D eigenvalue weighted by atomic mass is 10.1. The number of benzene rings is 1. The molecule has 1 saturated carbocycles. The van der Waals surface area contributed by atoms with Gasteiger partial charge in [0.05, 0.1) is 5.02 Å². The molecule has 7 heteroatoms. The number of ketones is 1. The Hall–Kier alpha value is -1.95. The number of nitrogens with one attached hydrogen (secondary N) is 1. The molecule has 0 aliphatic heterocycles. The van der Waals surface area contributed by atoms with Gasteiger partial charge >= 0.3 is 5.97 Å². The first-order valence-electron chi connectivity index (χ1n) is 5.74. The number of carbonyl (C=O) groups is 2. The average molecular weight is 302 g/mol. The monoisotopic (exact) mass is 301 g/mol. The van der Waals surface area contributed by atoms with E-state index in [0.29, 0.717) is 6.42 Å². The number of carbonyl (C=O) groups excluding carboxylic acids is 1. The van der Waals surface area contributed by atoms with Crippen LogP contribution in [0.15, 0.2) is 24.4 Å². The van der Waals surface area contributed by atoms with Gasteiger partial charge in [-0.25, -0.2) is 13.6 Å². The summed E-state index contributed by atoms with van der Waals surface area (Å²) in [5, 5.41) is 11.0. The zero-order valence-electron chi connectivity index (χ0n) is 10.1. The molecule has 0 bridgehead atoms. The third kappa shape index (κ3) is 3.14. The van der Waals surface area contributed by atoms with Gasteiger partial charge in [0.2, 0.25) is 0 Å². The van der Waals surface area contributed by atoms with Crippen molar-refractivity contribution in [3.63, 3.8) is 0 Å². The van der Waals surface area contributed by atoms with Crippen LogP contribution in [0.2, 0.25) is 5.02 Å². The van der Waals surface area contributed by atoms with E-state index in [1.54, 1.807) is 0 Å². The molecule has 0 radical (unpaired) electrons. The highest BCUT2D eigenvalue weighted by Crippen LogP contribution is 2.36. The van der Waals surface area contributed by atoms with Crippen LogP contribution < -0.4 is 5.32 Å². The van der Waals surface area contributed by atoms with E-state index in [-0.39, 0.29) is 16.6 Å². The minimum Gasteiger partial charge on any atom is -0.478 e. The number of aliphatic carboxylic acids is 1. The van der Waals surface area contributed by atoms with E-state index >= 15 is 0 Å². The third-order valence-corrected chi connectivity index (χ3v) is 3.25. The summed E-state index contributed by atoms with van der Waals surface area (Å²) in [5.74, 6) is -4.16. The Kier molecular flexibility index (Phi) is 4.04. The lowest BCUT2D eigenvalue weighted by molar-refractivity contribution is -0.131. The predicted octanol–water partition coefficient (Wildman–Crippen LogP) is 2.38. The number of carboxylic acid groups (broad SMARTS) is 1. The predicted molar refractivity (Wildman–Crippen MR) is 67.5 cm³/mol. The van der Waals surface area contributed by atoms with Gasteiger partial charge < -0.3 is 10.4 Å². The molecule has 1 fully saturated rings. The van der Waals surface area contributed by atoms with Crippen LogP contribution in [-0.2, 0) is 4.79 Å². The Morgan fingerprint density at radius 3 is 2.65 bits per heavy atom. The normalized spacial score (nSPS) is 20.9. The van der Waals surface area contributed by atoms with Gasteiger partial charge in [-0.3, -0.25) is 4.79 Å². The van der Waals surface area contributed by atoms with E-state index in [4.69, 9.17) is 16.7 Å². The van der Waals surface area contributed by atoms with E-state index in [1.165, 1.54) is 6.20 Å². The summed E-state index contributed by atoms with van der Waals surface area (Å²) in [5.41, 5.74) is -0.0675. The zero-order valence-corrected chi connectivity index (χ0v) is 10.8. The minimum absolute atomic E-state index is 0.0675. The Balaban J connectivity index is 2.04. The topological polar surface area (TPSA) is 66.4 Å². The largest absolute Gasteiger partial charge is 0.478 e. The van der Waals surface area contributed by atoms with Gasteiger partial charge in [0.15, 0.2) is 17.4 Å². The summed E-state index contributed by atoms with van der Waals surface area (Å²) in [6, 6.07) is 1.32. The summed E-state index contributed by atoms with van der Waals surface area (Å²) in [6.07, 6.45) is 2.62.